The molecule has 0 saturated carbocycles. The fraction of sp³-hybridized carbons (Fsp3) is 0.160. The lowest BCUT2D eigenvalue weighted by Crippen LogP contribution is -2.13. The second-order valence-electron chi connectivity index (χ2n) is 6.63. The topological polar surface area (TPSA) is 69.7 Å². The van der Waals surface area contributed by atoms with Crippen LogP contribution in [0.5, 0.6) is 5.75 Å². The fourth-order valence-electron chi connectivity index (χ4n) is 3.03. The number of carbonyl (C=O) groups excluding carboxylic acids is 3. The van der Waals surface area contributed by atoms with Gasteiger partial charge in [-0.05, 0) is 38.1 Å². The minimum Gasteiger partial charge on any atom is -0.493 e. The van der Waals surface area contributed by atoms with E-state index >= 15 is 0 Å². The quantitative estimate of drug-likeness (QED) is 0.397. The van der Waals surface area contributed by atoms with Crippen molar-refractivity contribution in [1.82, 2.24) is 0 Å². The van der Waals surface area contributed by atoms with Crippen LogP contribution in [0.25, 0.3) is 0 Å². The Morgan fingerprint density at radius 3 is 2.13 bits per heavy atom. The first kappa shape index (κ1) is 21.0. The van der Waals surface area contributed by atoms with Crippen molar-refractivity contribution in [2.75, 3.05) is 6.61 Å². The third kappa shape index (κ3) is 4.81. The number of ketones is 2. The number of benzene rings is 3. The first-order valence-corrected chi connectivity index (χ1v) is 9.63. The highest BCUT2D eigenvalue weighted by molar-refractivity contribution is 6.14. The van der Waals surface area contributed by atoms with Crippen molar-refractivity contribution in [3.8, 4) is 5.75 Å². The summed E-state index contributed by atoms with van der Waals surface area (Å²) >= 11 is 0. The zero-order valence-electron chi connectivity index (χ0n) is 16.9. The van der Waals surface area contributed by atoms with Gasteiger partial charge in [-0.3, -0.25) is 9.59 Å². The number of rotatable bonds is 8. The van der Waals surface area contributed by atoms with E-state index in [1.165, 1.54) is 6.92 Å². The van der Waals surface area contributed by atoms with Gasteiger partial charge in [-0.1, -0.05) is 48.5 Å². The molecule has 30 heavy (non-hydrogen) atoms. The van der Waals surface area contributed by atoms with Crippen LogP contribution in [-0.4, -0.2) is 24.1 Å². The molecule has 0 heterocycles. The average molecular weight is 402 g/mol. The van der Waals surface area contributed by atoms with Crippen LogP contribution >= 0.6 is 0 Å². The molecule has 3 rings (SSSR count). The molecule has 0 aliphatic rings. The van der Waals surface area contributed by atoms with Gasteiger partial charge < -0.3 is 9.47 Å². The summed E-state index contributed by atoms with van der Waals surface area (Å²) in [4.78, 5) is 37.3. The van der Waals surface area contributed by atoms with E-state index in [2.05, 4.69) is 0 Å². The molecule has 5 heteroatoms. The Kier molecular flexibility index (Phi) is 6.75. The fourth-order valence-corrected chi connectivity index (χ4v) is 3.03. The molecule has 3 aromatic carbocycles. The molecule has 0 spiro atoms. The van der Waals surface area contributed by atoms with E-state index in [0.717, 1.165) is 0 Å². The van der Waals surface area contributed by atoms with Crippen LogP contribution in [0.3, 0.4) is 0 Å². The summed E-state index contributed by atoms with van der Waals surface area (Å²) in [6.07, 6.45) is 0. The largest absolute Gasteiger partial charge is 0.493 e. The highest BCUT2D eigenvalue weighted by atomic mass is 16.5. The van der Waals surface area contributed by atoms with Gasteiger partial charge in [0, 0.05) is 22.3 Å². The molecule has 152 valence electrons. The van der Waals surface area contributed by atoms with Gasteiger partial charge in [0.1, 0.15) is 12.4 Å². The van der Waals surface area contributed by atoms with Crippen molar-refractivity contribution in [1.29, 1.82) is 0 Å². The average Bonchev–Trinajstić information content (AvgIpc) is 2.78. The van der Waals surface area contributed by atoms with Gasteiger partial charge in [0.05, 0.1) is 12.2 Å². The minimum atomic E-state index is -0.620. The SMILES string of the molecule is CCOc1ccc(C(C)=O)cc1COC(=O)c1ccccc1C(=O)c1ccccc1. The normalized spacial score (nSPS) is 10.3. The Morgan fingerprint density at radius 2 is 1.47 bits per heavy atom. The summed E-state index contributed by atoms with van der Waals surface area (Å²) in [6, 6.07) is 20.3. The third-order valence-electron chi connectivity index (χ3n) is 4.55. The van der Waals surface area contributed by atoms with Gasteiger partial charge >= 0.3 is 5.97 Å². The zero-order valence-corrected chi connectivity index (χ0v) is 16.9. The first-order valence-electron chi connectivity index (χ1n) is 9.63. The second-order valence-corrected chi connectivity index (χ2v) is 6.63. The smallest absolute Gasteiger partial charge is 0.339 e. The Balaban J connectivity index is 1.83. The van der Waals surface area contributed by atoms with E-state index in [0.29, 0.717) is 29.0 Å². The van der Waals surface area contributed by atoms with Crippen molar-refractivity contribution in [2.45, 2.75) is 20.5 Å². The van der Waals surface area contributed by atoms with Crippen molar-refractivity contribution in [3.05, 3.63) is 101 Å². The molecule has 0 amide bonds. The molecule has 0 aliphatic heterocycles. The van der Waals surface area contributed by atoms with E-state index in [4.69, 9.17) is 9.47 Å². The molecule has 0 unspecified atom stereocenters. The van der Waals surface area contributed by atoms with Crippen molar-refractivity contribution in [3.63, 3.8) is 0 Å². The predicted molar refractivity (Wildman–Crippen MR) is 113 cm³/mol. The molecule has 3 aromatic rings. The van der Waals surface area contributed by atoms with Crippen LogP contribution in [0.2, 0.25) is 0 Å². The molecule has 0 saturated heterocycles. The molecule has 0 radical (unpaired) electrons. The predicted octanol–water partition coefficient (Wildman–Crippen LogP) is 4.88. The van der Waals surface area contributed by atoms with Crippen molar-refractivity contribution < 1.29 is 23.9 Å². The van der Waals surface area contributed by atoms with Crippen LogP contribution < -0.4 is 4.74 Å². The van der Waals surface area contributed by atoms with Gasteiger partial charge in [-0.25, -0.2) is 4.79 Å². The number of carbonyl (C=O) groups is 3. The molecule has 5 nitrogen and oxygen atoms in total. The minimum absolute atomic E-state index is 0.0802. The molecule has 0 fully saturated rings. The number of esters is 1. The summed E-state index contributed by atoms with van der Waals surface area (Å²) in [5.74, 6) is -0.421. The van der Waals surface area contributed by atoms with Gasteiger partial charge in [0.15, 0.2) is 11.6 Å². The number of ether oxygens (including phenoxy) is 2. The number of Topliss-reactive ketones (excluding diaryl/α,β-unsaturated/α-hetero) is 1. The van der Waals surface area contributed by atoms with E-state index in [1.807, 2.05) is 13.0 Å². The molecule has 0 N–H and O–H groups in total. The first-order chi connectivity index (χ1) is 14.5. The highest BCUT2D eigenvalue weighted by Crippen LogP contribution is 2.23. The maximum Gasteiger partial charge on any atom is 0.339 e. The Labute approximate surface area is 175 Å². The van der Waals surface area contributed by atoms with Crippen molar-refractivity contribution in [2.24, 2.45) is 0 Å². The molecule has 0 aromatic heterocycles. The summed E-state index contributed by atoms with van der Waals surface area (Å²) in [6.45, 7) is 3.68. The second kappa shape index (κ2) is 9.65. The molecule has 0 bridgehead atoms. The molecule has 0 aliphatic carbocycles. The summed E-state index contributed by atoms with van der Waals surface area (Å²) in [5.41, 5.74) is 2.04. The van der Waals surface area contributed by atoms with Gasteiger partial charge in [-0.15, -0.1) is 0 Å². The lowest BCUT2D eigenvalue weighted by Gasteiger charge is -2.13. The molecular formula is C25H22O5. The summed E-state index contributed by atoms with van der Waals surface area (Å²) < 4.78 is 11.1. The maximum atomic E-state index is 12.8. The highest BCUT2D eigenvalue weighted by Gasteiger charge is 2.19. The lowest BCUT2D eigenvalue weighted by molar-refractivity contribution is 0.0467. The van der Waals surface area contributed by atoms with Crippen LogP contribution in [-0.2, 0) is 11.3 Å². The van der Waals surface area contributed by atoms with Crippen LogP contribution in [0.4, 0.5) is 0 Å². The van der Waals surface area contributed by atoms with Crippen LogP contribution in [0, 0.1) is 0 Å². The van der Waals surface area contributed by atoms with Gasteiger partial charge in [0.25, 0.3) is 0 Å². The van der Waals surface area contributed by atoms with Crippen molar-refractivity contribution >= 4 is 17.5 Å². The van der Waals surface area contributed by atoms with E-state index in [1.54, 1.807) is 66.7 Å². The van der Waals surface area contributed by atoms with Crippen LogP contribution in [0.1, 0.15) is 56.0 Å². The summed E-state index contributed by atoms with van der Waals surface area (Å²) in [5, 5.41) is 0. The third-order valence-corrected chi connectivity index (χ3v) is 4.55. The van der Waals surface area contributed by atoms with E-state index in [-0.39, 0.29) is 29.3 Å². The van der Waals surface area contributed by atoms with E-state index < -0.39 is 5.97 Å². The molecular weight excluding hydrogens is 380 g/mol. The molecule has 0 atom stereocenters. The lowest BCUT2D eigenvalue weighted by atomic mass is 9.98. The van der Waals surface area contributed by atoms with Gasteiger partial charge in [0.2, 0.25) is 0 Å². The zero-order chi connectivity index (χ0) is 21.5. The maximum absolute atomic E-state index is 12.8. The Hall–Kier alpha value is -3.73. The van der Waals surface area contributed by atoms with Gasteiger partial charge in [-0.2, -0.15) is 0 Å². The monoisotopic (exact) mass is 402 g/mol. The number of hydrogen-bond donors (Lipinski definition) is 0. The summed E-state index contributed by atoms with van der Waals surface area (Å²) in [7, 11) is 0. The van der Waals surface area contributed by atoms with Crippen LogP contribution in [0.15, 0.2) is 72.8 Å². The van der Waals surface area contributed by atoms with E-state index in [9.17, 15) is 14.4 Å². The Morgan fingerprint density at radius 1 is 0.800 bits per heavy atom. The number of hydrogen-bond acceptors (Lipinski definition) is 5. The standard InChI is InChI=1S/C25H22O5/c1-3-29-23-14-13-19(17(2)26)15-20(23)16-30-25(28)22-12-8-7-11-21(22)24(27)18-9-5-4-6-10-18/h4-15H,3,16H2,1-2H3. The Bertz CT molecular complexity index is 1070.